The van der Waals surface area contributed by atoms with Gasteiger partial charge in [0.25, 0.3) is 11.8 Å². The number of hydrogen-bond donors (Lipinski definition) is 1. The van der Waals surface area contributed by atoms with Crippen LogP contribution in [-0.2, 0) is 0 Å². The standard InChI is InChI=1S/C20H23N3O3S/c1-13(19-21-22-20(26-19)18-7-5-11-27-18)23-10-4-6-16(23)15-12-14(24-2)8-9-17(15)25-3/h5,7-9,11-13,16H,4,6,10H2,1-3H3/p+1/t13-,16-/m0/s1. The summed E-state index contributed by atoms with van der Waals surface area (Å²) in [7, 11) is 3.41. The van der Waals surface area contributed by atoms with E-state index in [1.54, 1.807) is 25.6 Å². The van der Waals surface area contributed by atoms with E-state index in [1.165, 1.54) is 10.5 Å². The molecular weight excluding hydrogens is 362 g/mol. The van der Waals surface area contributed by atoms with Gasteiger partial charge in [-0.3, -0.25) is 0 Å². The number of quaternary nitrogens is 1. The maximum atomic E-state index is 6.00. The molecule has 7 heteroatoms. The normalized spacial score (nSPS) is 20.6. The minimum absolute atomic E-state index is 0.106. The maximum Gasteiger partial charge on any atom is 0.274 e. The Kier molecular flexibility index (Phi) is 5.13. The molecular formula is C20H24N3O3S+. The zero-order valence-corrected chi connectivity index (χ0v) is 16.6. The summed E-state index contributed by atoms with van der Waals surface area (Å²) >= 11 is 1.61. The zero-order chi connectivity index (χ0) is 18.8. The molecule has 0 radical (unpaired) electrons. The molecule has 3 atom stereocenters. The van der Waals surface area contributed by atoms with Gasteiger partial charge >= 0.3 is 0 Å². The van der Waals surface area contributed by atoms with E-state index in [0.29, 0.717) is 17.8 Å². The van der Waals surface area contributed by atoms with Crippen LogP contribution in [0.4, 0.5) is 0 Å². The first-order valence-corrected chi connectivity index (χ1v) is 10.0. The number of hydrogen-bond acceptors (Lipinski definition) is 6. The smallest absolute Gasteiger partial charge is 0.274 e. The van der Waals surface area contributed by atoms with E-state index in [9.17, 15) is 0 Å². The highest BCUT2D eigenvalue weighted by Gasteiger charge is 2.38. The molecule has 1 fully saturated rings. The summed E-state index contributed by atoms with van der Waals surface area (Å²) in [6.45, 7) is 3.22. The van der Waals surface area contributed by atoms with Gasteiger partial charge in [0.1, 0.15) is 17.5 Å². The number of methoxy groups -OCH3 is 2. The van der Waals surface area contributed by atoms with Crippen molar-refractivity contribution in [2.24, 2.45) is 0 Å². The highest BCUT2D eigenvalue weighted by molar-refractivity contribution is 7.13. The molecule has 3 heterocycles. The van der Waals surface area contributed by atoms with Crippen molar-refractivity contribution in [3.8, 4) is 22.3 Å². The number of thiophene rings is 1. The van der Waals surface area contributed by atoms with Crippen LogP contribution >= 0.6 is 11.3 Å². The molecule has 2 aromatic heterocycles. The van der Waals surface area contributed by atoms with Gasteiger partial charge in [0.2, 0.25) is 0 Å². The first-order chi connectivity index (χ1) is 13.2. The predicted molar refractivity (Wildman–Crippen MR) is 103 cm³/mol. The second-order valence-corrected chi connectivity index (χ2v) is 7.72. The molecule has 0 amide bonds. The second-order valence-electron chi connectivity index (χ2n) is 6.77. The Hall–Kier alpha value is -2.38. The fourth-order valence-electron chi connectivity index (χ4n) is 3.92. The third-order valence-corrected chi connectivity index (χ3v) is 6.18. The summed E-state index contributed by atoms with van der Waals surface area (Å²) in [6.07, 6.45) is 2.24. The minimum Gasteiger partial charge on any atom is -0.497 e. The number of likely N-dealkylation sites (tertiary alicyclic amines) is 1. The largest absolute Gasteiger partial charge is 0.497 e. The van der Waals surface area contributed by atoms with Crippen LogP contribution in [0.15, 0.2) is 40.1 Å². The molecule has 0 spiro atoms. The summed E-state index contributed by atoms with van der Waals surface area (Å²) in [5.41, 5.74) is 1.18. The highest BCUT2D eigenvalue weighted by atomic mass is 32.1. The van der Waals surface area contributed by atoms with Crippen molar-refractivity contribution in [1.29, 1.82) is 0 Å². The van der Waals surface area contributed by atoms with Crippen molar-refractivity contribution in [3.05, 3.63) is 47.2 Å². The number of ether oxygens (including phenoxy) is 2. The quantitative estimate of drug-likeness (QED) is 0.704. The molecule has 6 nitrogen and oxygen atoms in total. The third-order valence-electron chi connectivity index (χ3n) is 5.32. The van der Waals surface area contributed by atoms with Gasteiger partial charge in [-0.25, -0.2) is 0 Å². The molecule has 1 unspecified atom stereocenters. The lowest BCUT2D eigenvalue weighted by molar-refractivity contribution is -0.948. The summed E-state index contributed by atoms with van der Waals surface area (Å²) < 4.78 is 17.1. The van der Waals surface area contributed by atoms with E-state index in [-0.39, 0.29) is 6.04 Å². The van der Waals surface area contributed by atoms with Crippen LogP contribution in [0.2, 0.25) is 0 Å². The summed E-state index contributed by atoms with van der Waals surface area (Å²) in [4.78, 5) is 2.42. The molecule has 0 saturated carbocycles. The average Bonchev–Trinajstić information content (AvgIpc) is 3.47. The van der Waals surface area contributed by atoms with E-state index in [2.05, 4.69) is 23.2 Å². The Morgan fingerprint density at radius 2 is 2.11 bits per heavy atom. The van der Waals surface area contributed by atoms with Gasteiger partial charge in [-0.1, -0.05) is 6.07 Å². The molecule has 1 saturated heterocycles. The van der Waals surface area contributed by atoms with Crippen LogP contribution in [0.25, 0.3) is 10.8 Å². The number of benzene rings is 1. The van der Waals surface area contributed by atoms with Gasteiger partial charge in [-0.2, -0.15) is 0 Å². The van der Waals surface area contributed by atoms with E-state index < -0.39 is 0 Å². The first-order valence-electron chi connectivity index (χ1n) is 9.16. The molecule has 1 aliphatic rings. The highest BCUT2D eigenvalue weighted by Crippen LogP contribution is 2.33. The van der Waals surface area contributed by atoms with Crippen LogP contribution in [0.1, 0.15) is 43.3 Å². The Morgan fingerprint density at radius 3 is 2.85 bits per heavy atom. The second kappa shape index (κ2) is 7.70. The van der Waals surface area contributed by atoms with Crippen LogP contribution in [0.5, 0.6) is 11.5 Å². The fraction of sp³-hybridized carbons (Fsp3) is 0.400. The first kappa shape index (κ1) is 18.0. The van der Waals surface area contributed by atoms with Crippen LogP contribution in [-0.4, -0.2) is 31.0 Å². The molecule has 142 valence electrons. The SMILES string of the molecule is COc1ccc(OC)c([C@@H]2CCC[NH+]2[C@@H](C)c2nnc(-c3cccs3)o2)c1. The van der Waals surface area contributed by atoms with Gasteiger partial charge in [-0.15, -0.1) is 21.5 Å². The van der Waals surface area contributed by atoms with E-state index in [1.807, 2.05) is 29.6 Å². The number of aromatic nitrogens is 2. The third kappa shape index (κ3) is 3.44. The molecule has 27 heavy (non-hydrogen) atoms. The Bertz CT molecular complexity index is 894. The summed E-state index contributed by atoms with van der Waals surface area (Å²) in [6, 6.07) is 10.4. The molecule has 0 aliphatic carbocycles. The topological polar surface area (TPSA) is 61.8 Å². The van der Waals surface area contributed by atoms with Crippen molar-refractivity contribution in [2.75, 3.05) is 20.8 Å². The molecule has 1 N–H and O–H groups in total. The summed E-state index contributed by atoms with van der Waals surface area (Å²) in [5.74, 6) is 3.03. The van der Waals surface area contributed by atoms with Crippen molar-refractivity contribution in [2.45, 2.75) is 31.8 Å². The molecule has 3 aromatic rings. The monoisotopic (exact) mass is 386 g/mol. The van der Waals surface area contributed by atoms with Gasteiger partial charge < -0.3 is 18.8 Å². The lowest BCUT2D eigenvalue weighted by Gasteiger charge is -2.27. The zero-order valence-electron chi connectivity index (χ0n) is 15.8. The van der Waals surface area contributed by atoms with E-state index in [4.69, 9.17) is 13.9 Å². The molecule has 0 bridgehead atoms. The van der Waals surface area contributed by atoms with Crippen molar-refractivity contribution in [1.82, 2.24) is 10.2 Å². The van der Waals surface area contributed by atoms with Gasteiger partial charge in [0, 0.05) is 12.8 Å². The van der Waals surface area contributed by atoms with Crippen molar-refractivity contribution >= 4 is 11.3 Å². The minimum atomic E-state index is 0.106. The van der Waals surface area contributed by atoms with Crippen molar-refractivity contribution < 1.29 is 18.8 Å². The van der Waals surface area contributed by atoms with Crippen LogP contribution < -0.4 is 14.4 Å². The average molecular weight is 386 g/mol. The lowest BCUT2D eigenvalue weighted by Crippen LogP contribution is -3.10. The molecule has 1 aliphatic heterocycles. The van der Waals surface area contributed by atoms with Crippen LogP contribution in [0.3, 0.4) is 0 Å². The Labute approximate surface area is 162 Å². The number of nitrogens with one attached hydrogen (secondary N) is 1. The van der Waals surface area contributed by atoms with E-state index in [0.717, 1.165) is 35.8 Å². The molecule has 1 aromatic carbocycles. The Morgan fingerprint density at radius 1 is 1.22 bits per heavy atom. The van der Waals surface area contributed by atoms with Gasteiger partial charge in [0.05, 0.1) is 31.2 Å². The Balaban J connectivity index is 1.62. The summed E-state index contributed by atoms with van der Waals surface area (Å²) in [5, 5.41) is 10.6. The van der Waals surface area contributed by atoms with Gasteiger partial charge in [0.15, 0.2) is 6.04 Å². The molecule has 4 rings (SSSR count). The van der Waals surface area contributed by atoms with E-state index >= 15 is 0 Å². The lowest BCUT2D eigenvalue weighted by atomic mass is 10.0. The number of rotatable bonds is 6. The maximum absolute atomic E-state index is 6.00. The van der Waals surface area contributed by atoms with Crippen molar-refractivity contribution in [3.63, 3.8) is 0 Å². The predicted octanol–water partition coefficient (Wildman–Crippen LogP) is 3.30. The number of nitrogens with zero attached hydrogens (tertiary/aromatic N) is 2. The van der Waals surface area contributed by atoms with Gasteiger partial charge in [-0.05, 0) is 36.6 Å². The fourth-order valence-corrected chi connectivity index (χ4v) is 4.57. The van der Waals surface area contributed by atoms with Crippen LogP contribution in [0, 0.1) is 0 Å².